The molecule has 13 heavy (non-hydrogen) atoms. The third-order valence-corrected chi connectivity index (χ3v) is 3.21. The van der Waals surface area contributed by atoms with Crippen LogP contribution in [0.2, 0.25) is 0 Å². The van der Waals surface area contributed by atoms with E-state index in [0.717, 1.165) is 4.31 Å². The molecule has 1 unspecified atom stereocenters. The summed E-state index contributed by atoms with van der Waals surface area (Å²) in [5.41, 5.74) is 5.35. The Kier molecular flexibility index (Phi) is 4.76. The molecule has 5 nitrogen and oxygen atoms in total. The minimum atomic E-state index is -3.63. The summed E-state index contributed by atoms with van der Waals surface area (Å²) in [5, 5.41) is 4.95. The number of hydrogen-bond donors (Lipinski definition) is 2. The van der Waals surface area contributed by atoms with E-state index in [1.807, 2.05) is 0 Å². The number of nitrogens with zero attached hydrogens (tertiary/aromatic N) is 1. The van der Waals surface area contributed by atoms with Crippen LogP contribution >= 0.6 is 12.2 Å². The number of nitrogens with two attached hydrogens (primary N) is 2. The first-order valence-electron chi connectivity index (χ1n) is 3.86. The Bertz CT molecular complexity index is 276. The van der Waals surface area contributed by atoms with Gasteiger partial charge >= 0.3 is 0 Å². The monoisotopic (exact) mass is 225 g/mol. The van der Waals surface area contributed by atoms with Crippen LogP contribution in [-0.4, -0.2) is 30.8 Å². The molecule has 0 amide bonds. The first-order valence-corrected chi connectivity index (χ1v) is 5.77. The SMILES string of the molecule is CCN(CC(C)C(N)=S)S(N)(=O)=O. The molecule has 0 saturated carbocycles. The van der Waals surface area contributed by atoms with E-state index in [0.29, 0.717) is 11.5 Å². The van der Waals surface area contributed by atoms with E-state index in [1.54, 1.807) is 13.8 Å². The fourth-order valence-electron chi connectivity index (χ4n) is 0.808. The molecule has 4 N–H and O–H groups in total. The molecule has 0 heterocycles. The Labute approximate surface area is 84.3 Å². The van der Waals surface area contributed by atoms with Gasteiger partial charge in [0.1, 0.15) is 0 Å². The third kappa shape index (κ3) is 4.51. The van der Waals surface area contributed by atoms with Gasteiger partial charge in [-0.2, -0.15) is 12.7 Å². The second-order valence-electron chi connectivity index (χ2n) is 2.80. The molecule has 0 aliphatic carbocycles. The van der Waals surface area contributed by atoms with E-state index in [1.165, 1.54) is 0 Å². The first-order chi connectivity index (χ1) is 5.79. The van der Waals surface area contributed by atoms with Crippen molar-refractivity contribution in [2.45, 2.75) is 13.8 Å². The molecule has 0 spiro atoms. The summed E-state index contributed by atoms with van der Waals surface area (Å²) in [7, 11) is -3.63. The molecular formula is C6H15N3O2S2. The second-order valence-corrected chi connectivity index (χ2v) is 4.82. The van der Waals surface area contributed by atoms with Crippen molar-refractivity contribution in [3.05, 3.63) is 0 Å². The van der Waals surface area contributed by atoms with Crippen molar-refractivity contribution >= 4 is 27.4 Å². The maximum absolute atomic E-state index is 10.9. The summed E-state index contributed by atoms with van der Waals surface area (Å²) in [5.74, 6) is -0.159. The normalized spacial score (nSPS) is 14.5. The largest absolute Gasteiger partial charge is 0.393 e. The summed E-state index contributed by atoms with van der Waals surface area (Å²) in [6, 6.07) is 0. The predicted octanol–water partition coefficient (Wildman–Crippen LogP) is -0.566. The van der Waals surface area contributed by atoms with Gasteiger partial charge in [0.25, 0.3) is 10.2 Å². The second kappa shape index (κ2) is 4.85. The van der Waals surface area contributed by atoms with Gasteiger partial charge in [-0.3, -0.25) is 0 Å². The highest BCUT2D eigenvalue weighted by atomic mass is 32.2. The zero-order valence-electron chi connectivity index (χ0n) is 7.73. The fraction of sp³-hybridized carbons (Fsp3) is 0.833. The Hall–Kier alpha value is -0.240. The predicted molar refractivity (Wildman–Crippen MR) is 56.3 cm³/mol. The van der Waals surface area contributed by atoms with Crippen LogP contribution in [0.25, 0.3) is 0 Å². The lowest BCUT2D eigenvalue weighted by atomic mass is 10.2. The van der Waals surface area contributed by atoms with Crippen LogP contribution in [0.1, 0.15) is 13.8 Å². The topological polar surface area (TPSA) is 89.4 Å². The summed E-state index contributed by atoms with van der Waals surface area (Å²) >= 11 is 4.72. The summed E-state index contributed by atoms with van der Waals surface area (Å²) in [4.78, 5) is 0.294. The van der Waals surface area contributed by atoms with E-state index < -0.39 is 10.2 Å². The molecule has 0 aliphatic heterocycles. The van der Waals surface area contributed by atoms with Crippen LogP contribution in [0.4, 0.5) is 0 Å². The van der Waals surface area contributed by atoms with Crippen LogP contribution in [0.3, 0.4) is 0 Å². The Morgan fingerprint density at radius 3 is 2.31 bits per heavy atom. The molecule has 7 heteroatoms. The lowest BCUT2D eigenvalue weighted by Gasteiger charge is -2.20. The lowest BCUT2D eigenvalue weighted by Crippen LogP contribution is -2.41. The van der Waals surface area contributed by atoms with Crippen molar-refractivity contribution in [1.29, 1.82) is 0 Å². The van der Waals surface area contributed by atoms with Gasteiger partial charge in [-0.25, -0.2) is 5.14 Å². The molecule has 0 aromatic carbocycles. The molecule has 1 atom stereocenters. The van der Waals surface area contributed by atoms with Crippen LogP contribution in [0.5, 0.6) is 0 Å². The highest BCUT2D eigenvalue weighted by Gasteiger charge is 2.18. The van der Waals surface area contributed by atoms with Crippen molar-refractivity contribution in [3.8, 4) is 0 Å². The molecule has 0 aromatic rings. The van der Waals surface area contributed by atoms with Gasteiger partial charge in [0.05, 0.1) is 4.99 Å². The zero-order chi connectivity index (χ0) is 10.6. The minimum absolute atomic E-state index is 0.159. The molecule has 78 valence electrons. The third-order valence-electron chi connectivity index (χ3n) is 1.68. The van der Waals surface area contributed by atoms with Gasteiger partial charge in [-0.05, 0) is 0 Å². The minimum Gasteiger partial charge on any atom is -0.393 e. The van der Waals surface area contributed by atoms with Gasteiger partial charge in [0, 0.05) is 19.0 Å². The first kappa shape index (κ1) is 12.8. The number of rotatable bonds is 5. The highest BCUT2D eigenvalue weighted by molar-refractivity contribution is 7.86. The molecule has 0 radical (unpaired) electrons. The van der Waals surface area contributed by atoms with E-state index >= 15 is 0 Å². The van der Waals surface area contributed by atoms with Gasteiger partial charge in [-0.1, -0.05) is 26.1 Å². The van der Waals surface area contributed by atoms with Crippen molar-refractivity contribution in [3.63, 3.8) is 0 Å². The molecule has 0 aliphatic rings. The molecule has 0 bridgehead atoms. The lowest BCUT2D eigenvalue weighted by molar-refractivity contribution is 0.406. The number of hydrogen-bond acceptors (Lipinski definition) is 3. The quantitative estimate of drug-likeness (QED) is 0.613. The van der Waals surface area contributed by atoms with E-state index in [2.05, 4.69) is 0 Å². The Balaban J connectivity index is 4.40. The maximum atomic E-state index is 10.9. The number of thiocarbonyl (C=S) groups is 1. The molecule has 0 aromatic heterocycles. The Morgan fingerprint density at radius 2 is 2.08 bits per heavy atom. The van der Waals surface area contributed by atoms with Crippen LogP contribution in [0.15, 0.2) is 0 Å². The standard InChI is InChI=1S/C6H15N3O2S2/c1-3-9(13(8,10)11)4-5(2)6(7)12/h5H,3-4H2,1-2H3,(H2,7,12)(H2,8,10,11). The maximum Gasteiger partial charge on any atom is 0.276 e. The zero-order valence-corrected chi connectivity index (χ0v) is 9.36. The summed E-state index contributed by atoms with van der Waals surface area (Å²) in [6.45, 7) is 4.03. The molecule has 0 rings (SSSR count). The molecule has 0 saturated heterocycles. The van der Waals surface area contributed by atoms with Crippen molar-refractivity contribution in [2.75, 3.05) is 13.1 Å². The Morgan fingerprint density at radius 1 is 1.62 bits per heavy atom. The smallest absolute Gasteiger partial charge is 0.276 e. The van der Waals surface area contributed by atoms with Gasteiger partial charge in [0.2, 0.25) is 0 Å². The molecule has 0 fully saturated rings. The van der Waals surface area contributed by atoms with Gasteiger partial charge in [0.15, 0.2) is 0 Å². The van der Waals surface area contributed by atoms with Crippen molar-refractivity contribution in [1.82, 2.24) is 4.31 Å². The van der Waals surface area contributed by atoms with Crippen molar-refractivity contribution < 1.29 is 8.42 Å². The average molecular weight is 225 g/mol. The average Bonchev–Trinajstić information content (AvgIpc) is 1.96. The van der Waals surface area contributed by atoms with E-state index in [-0.39, 0.29) is 12.5 Å². The van der Waals surface area contributed by atoms with Crippen LogP contribution in [0, 0.1) is 5.92 Å². The van der Waals surface area contributed by atoms with E-state index in [4.69, 9.17) is 23.1 Å². The summed E-state index contributed by atoms with van der Waals surface area (Å²) in [6.07, 6.45) is 0. The van der Waals surface area contributed by atoms with Gasteiger partial charge < -0.3 is 5.73 Å². The van der Waals surface area contributed by atoms with Crippen LogP contribution in [-0.2, 0) is 10.2 Å². The van der Waals surface area contributed by atoms with Crippen molar-refractivity contribution in [2.24, 2.45) is 16.8 Å². The summed E-state index contributed by atoms with van der Waals surface area (Å²) < 4.78 is 23.0. The van der Waals surface area contributed by atoms with E-state index in [9.17, 15) is 8.42 Å². The van der Waals surface area contributed by atoms with Crippen LogP contribution < -0.4 is 10.9 Å². The van der Waals surface area contributed by atoms with Gasteiger partial charge in [-0.15, -0.1) is 0 Å². The highest BCUT2D eigenvalue weighted by Crippen LogP contribution is 2.02. The fourth-order valence-corrected chi connectivity index (χ4v) is 1.67. The molecular weight excluding hydrogens is 210 g/mol.